The Morgan fingerprint density at radius 2 is 1.39 bits per heavy atom. The molecule has 280 valence electrons. The van der Waals surface area contributed by atoms with Crippen LogP contribution in [0, 0.1) is 0 Å². The van der Waals surface area contributed by atoms with Crippen LogP contribution < -0.4 is 14.8 Å². The number of hydrogen-bond donors (Lipinski definition) is 2. The highest BCUT2D eigenvalue weighted by atomic mass is 32.2. The third-order valence-electron chi connectivity index (χ3n) is 7.49. The Bertz CT molecular complexity index is 1650. The van der Waals surface area contributed by atoms with E-state index in [2.05, 4.69) is 10.0 Å². The lowest BCUT2D eigenvalue weighted by Gasteiger charge is -2.44. The lowest BCUT2D eigenvalue weighted by Crippen LogP contribution is -2.66. The van der Waals surface area contributed by atoms with Crippen LogP contribution in [0.4, 0.5) is 5.69 Å². The van der Waals surface area contributed by atoms with Crippen LogP contribution in [-0.2, 0) is 52.9 Å². The van der Waals surface area contributed by atoms with Gasteiger partial charge in [-0.2, -0.15) is 4.72 Å². The Labute approximate surface area is 297 Å². The third kappa shape index (κ3) is 12.0. The highest BCUT2D eigenvalue weighted by molar-refractivity contribution is 7.89. The van der Waals surface area contributed by atoms with Crippen LogP contribution >= 0.6 is 0 Å². The van der Waals surface area contributed by atoms with E-state index in [4.69, 9.17) is 28.4 Å². The van der Waals surface area contributed by atoms with Crippen molar-refractivity contribution in [2.45, 2.75) is 109 Å². The number of unbranched alkanes of at least 4 members (excludes halogenated alkanes) is 2. The summed E-state index contributed by atoms with van der Waals surface area (Å²) >= 11 is 0. The molecule has 2 N–H and O–H groups in total. The zero-order valence-electron chi connectivity index (χ0n) is 29.6. The number of hydrogen-bond acceptors (Lipinski definition) is 14. The first-order valence-corrected chi connectivity index (χ1v) is 18.2. The van der Waals surface area contributed by atoms with Crippen molar-refractivity contribution in [3.63, 3.8) is 0 Å². The summed E-state index contributed by atoms with van der Waals surface area (Å²) in [5.41, 5.74) is 0.335. The van der Waals surface area contributed by atoms with Gasteiger partial charge in [-0.05, 0) is 37.1 Å². The monoisotopic (exact) mass is 734 g/mol. The van der Waals surface area contributed by atoms with E-state index in [-0.39, 0.29) is 29.2 Å². The van der Waals surface area contributed by atoms with Crippen LogP contribution in [0.25, 0.3) is 0 Å². The fourth-order valence-corrected chi connectivity index (χ4v) is 6.53. The number of para-hydroxylation sites is 1. The number of anilines is 1. The number of benzene rings is 2. The topological polar surface area (TPSA) is 199 Å². The summed E-state index contributed by atoms with van der Waals surface area (Å²) in [4.78, 5) is 61.4. The number of sulfonamides is 1. The van der Waals surface area contributed by atoms with Gasteiger partial charge in [-0.1, -0.05) is 44.9 Å². The number of Topliss-reactive ketones (excluding diaryl/α,β-unsaturated/α-hetero) is 1. The first-order chi connectivity index (χ1) is 24.2. The number of ether oxygens (including phenoxy) is 6. The predicted octanol–water partition coefficient (Wildman–Crippen LogP) is 4.43. The van der Waals surface area contributed by atoms with E-state index in [1.165, 1.54) is 6.07 Å². The second-order valence-corrected chi connectivity index (χ2v) is 13.5. The minimum absolute atomic E-state index is 0.102. The van der Waals surface area contributed by atoms with Crippen molar-refractivity contribution in [3.8, 4) is 11.5 Å². The first kappa shape index (κ1) is 40.9. The number of carbonyl (C=O) groups is 5. The molecule has 0 saturated carbocycles. The molecule has 2 aromatic carbocycles. The number of rotatable bonds is 18. The van der Waals surface area contributed by atoms with Gasteiger partial charge in [-0.15, -0.1) is 0 Å². The fourth-order valence-electron chi connectivity index (χ4n) is 5.23. The zero-order chi connectivity index (χ0) is 37.7. The van der Waals surface area contributed by atoms with Crippen LogP contribution in [-0.4, -0.2) is 81.9 Å². The number of carbonyl (C=O) groups excluding carboxylic acids is 5. The molecule has 0 amide bonds. The third-order valence-corrected chi connectivity index (χ3v) is 8.92. The second kappa shape index (κ2) is 19.2. The molecule has 0 radical (unpaired) electrons. The summed E-state index contributed by atoms with van der Waals surface area (Å²) in [6.45, 7) is 8.05. The lowest BCUT2D eigenvalue weighted by atomic mass is 9.97. The summed E-state index contributed by atoms with van der Waals surface area (Å²) < 4.78 is 65.0. The summed E-state index contributed by atoms with van der Waals surface area (Å²) in [7, 11) is -4.80. The van der Waals surface area contributed by atoms with Gasteiger partial charge >= 0.3 is 23.9 Å². The van der Waals surface area contributed by atoms with Gasteiger partial charge in [-0.25, -0.2) is 8.42 Å². The Balaban J connectivity index is 2.23. The number of nitrogens with one attached hydrogen (secondary N) is 2. The number of ketones is 1. The van der Waals surface area contributed by atoms with Gasteiger partial charge < -0.3 is 33.7 Å². The summed E-state index contributed by atoms with van der Waals surface area (Å²) in [6, 6.07) is 11.1. The summed E-state index contributed by atoms with van der Waals surface area (Å²) in [5.74, 6) is -3.52. The Hall–Kier alpha value is -4.54. The summed E-state index contributed by atoms with van der Waals surface area (Å²) in [5, 5.41) is 3.20. The molecule has 3 rings (SSSR count). The van der Waals surface area contributed by atoms with Crippen LogP contribution in [0.1, 0.15) is 84.0 Å². The molecule has 0 spiro atoms. The zero-order valence-corrected chi connectivity index (χ0v) is 30.4. The molecule has 1 aliphatic rings. The van der Waals surface area contributed by atoms with Crippen molar-refractivity contribution >= 4 is 45.4 Å². The van der Waals surface area contributed by atoms with E-state index in [0.29, 0.717) is 18.7 Å². The van der Waals surface area contributed by atoms with Gasteiger partial charge in [0.1, 0.15) is 23.4 Å². The van der Waals surface area contributed by atoms with E-state index >= 15 is 0 Å². The van der Waals surface area contributed by atoms with Crippen LogP contribution in [0.15, 0.2) is 47.4 Å². The molecule has 0 aromatic heterocycles. The quantitative estimate of drug-likeness (QED) is 0.0944. The molecule has 1 heterocycles. The largest absolute Gasteiger partial charge is 0.463 e. The van der Waals surface area contributed by atoms with Crippen molar-refractivity contribution in [2.24, 2.45) is 0 Å². The maximum Gasteiger partial charge on any atom is 0.303 e. The molecule has 0 aliphatic carbocycles. The highest BCUT2D eigenvalue weighted by Gasteiger charge is 2.53. The Morgan fingerprint density at radius 1 is 0.784 bits per heavy atom. The molecule has 1 unspecified atom stereocenters. The van der Waals surface area contributed by atoms with Gasteiger partial charge in [0.25, 0.3) is 0 Å². The second-order valence-electron chi connectivity index (χ2n) is 11.8. The molecular formula is C35H46N2O13S. The standard InChI is InChI=1S/C35H46N2O13S/c1-7-9-16-28(42)25-18-27(36-17-10-8-2)31(49-26-14-12-11-13-15-26)30(19-25)51(43,44)37-35-34(48-24(6)41)33(47-23(5)40)32(46-22(4)39)29(50-35)20-45-21(3)38/h11-15,18-19,29,32-37H,7-10,16-17,20H2,1-6H3/t29-,32-,33+,34-,35?/m1/s1. The molecule has 1 aliphatic heterocycles. The van der Waals surface area contributed by atoms with Gasteiger partial charge in [0.05, 0.1) is 5.69 Å². The first-order valence-electron chi connectivity index (χ1n) is 16.7. The maximum absolute atomic E-state index is 14.5. The van der Waals surface area contributed by atoms with Crippen molar-refractivity contribution in [2.75, 3.05) is 18.5 Å². The SMILES string of the molecule is CCCCNc1cc(C(=O)CCCC)cc(S(=O)(=O)NC2O[C@H](COC(C)=O)[C@@H](OC(C)=O)[C@H](OC(C)=O)[C@H]2OC(C)=O)c1Oc1ccccc1. The fraction of sp³-hybridized carbons (Fsp3) is 0.514. The molecule has 5 atom stereocenters. The molecule has 51 heavy (non-hydrogen) atoms. The number of esters is 4. The minimum Gasteiger partial charge on any atom is -0.463 e. The van der Waals surface area contributed by atoms with E-state index < -0.39 is 76.0 Å². The average Bonchev–Trinajstić information content (AvgIpc) is 3.05. The van der Waals surface area contributed by atoms with E-state index in [0.717, 1.165) is 47.0 Å². The molecule has 1 fully saturated rings. The van der Waals surface area contributed by atoms with Gasteiger partial charge in [-0.3, -0.25) is 24.0 Å². The highest BCUT2D eigenvalue weighted by Crippen LogP contribution is 2.39. The van der Waals surface area contributed by atoms with Gasteiger partial charge in [0.2, 0.25) is 10.0 Å². The van der Waals surface area contributed by atoms with Crippen molar-refractivity contribution < 1.29 is 60.8 Å². The molecule has 0 bridgehead atoms. The smallest absolute Gasteiger partial charge is 0.303 e. The average molecular weight is 735 g/mol. The molecule has 16 heteroatoms. The molecule has 1 saturated heterocycles. The van der Waals surface area contributed by atoms with Crippen molar-refractivity contribution in [3.05, 3.63) is 48.0 Å². The summed E-state index contributed by atoms with van der Waals surface area (Å²) in [6.07, 6.45) is -5.03. The van der Waals surface area contributed by atoms with Crippen molar-refractivity contribution in [1.29, 1.82) is 0 Å². The van der Waals surface area contributed by atoms with Crippen LogP contribution in [0.3, 0.4) is 0 Å². The molecular weight excluding hydrogens is 688 g/mol. The minimum atomic E-state index is -4.80. The van der Waals surface area contributed by atoms with Crippen molar-refractivity contribution in [1.82, 2.24) is 4.72 Å². The van der Waals surface area contributed by atoms with E-state index in [1.54, 1.807) is 36.4 Å². The Morgan fingerprint density at radius 3 is 1.98 bits per heavy atom. The lowest BCUT2D eigenvalue weighted by molar-refractivity contribution is -0.254. The van der Waals surface area contributed by atoms with Gasteiger partial charge in [0.15, 0.2) is 36.1 Å². The van der Waals surface area contributed by atoms with Crippen LogP contribution in [0.5, 0.6) is 11.5 Å². The normalized spacial score (nSPS) is 20.1. The van der Waals surface area contributed by atoms with Crippen LogP contribution in [0.2, 0.25) is 0 Å². The van der Waals surface area contributed by atoms with Gasteiger partial charge in [0, 0.05) is 46.2 Å². The predicted molar refractivity (Wildman–Crippen MR) is 182 cm³/mol. The molecule has 15 nitrogen and oxygen atoms in total. The van der Waals surface area contributed by atoms with E-state index in [1.807, 2.05) is 13.8 Å². The Kier molecular flexibility index (Phi) is 15.4. The molecule has 2 aromatic rings. The maximum atomic E-state index is 14.5. The van der Waals surface area contributed by atoms with E-state index in [9.17, 15) is 32.4 Å².